The lowest BCUT2D eigenvalue weighted by Crippen LogP contribution is -2.49. The molecule has 0 aromatic heterocycles. The molecule has 2 fully saturated rings. The van der Waals surface area contributed by atoms with Crippen molar-refractivity contribution in [1.29, 1.82) is 0 Å². The molecular formula is C18H25NO3. The minimum absolute atomic E-state index is 0.0643. The molecule has 4 nitrogen and oxygen atoms in total. The third-order valence-corrected chi connectivity index (χ3v) is 5.09. The van der Waals surface area contributed by atoms with E-state index >= 15 is 0 Å². The standard InChI is InChI=1S/C18H25NO3/c20-16-6-4-5-14(12-16)11-15-7-10-19(13-15)17(21)18(22)8-2-1-3-9-18/h4-6,12,15,20,22H,1-3,7-11,13H2. The second-order valence-corrected chi connectivity index (χ2v) is 6.87. The summed E-state index contributed by atoms with van der Waals surface area (Å²) >= 11 is 0. The summed E-state index contributed by atoms with van der Waals surface area (Å²) in [6.07, 6.45) is 6.08. The Labute approximate surface area is 131 Å². The fourth-order valence-corrected chi connectivity index (χ4v) is 3.85. The van der Waals surface area contributed by atoms with E-state index in [4.69, 9.17) is 0 Å². The fraction of sp³-hybridized carbons (Fsp3) is 0.611. The average molecular weight is 303 g/mol. The zero-order valence-electron chi connectivity index (χ0n) is 13.0. The Kier molecular flexibility index (Phi) is 4.39. The van der Waals surface area contributed by atoms with E-state index in [9.17, 15) is 15.0 Å². The molecule has 22 heavy (non-hydrogen) atoms. The summed E-state index contributed by atoms with van der Waals surface area (Å²) in [5.41, 5.74) is -0.00583. The number of aliphatic hydroxyl groups is 1. The lowest BCUT2D eigenvalue weighted by Gasteiger charge is -2.34. The van der Waals surface area contributed by atoms with Crippen molar-refractivity contribution in [1.82, 2.24) is 4.90 Å². The number of likely N-dealkylation sites (tertiary alicyclic amines) is 1. The number of benzene rings is 1. The van der Waals surface area contributed by atoms with E-state index in [-0.39, 0.29) is 5.91 Å². The molecule has 3 rings (SSSR count). The van der Waals surface area contributed by atoms with Gasteiger partial charge in [-0.3, -0.25) is 4.79 Å². The summed E-state index contributed by atoms with van der Waals surface area (Å²) in [6, 6.07) is 7.33. The highest BCUT2D eigenvalue weighted by molar-refractivity contribution is 5.85. The lowest BCUT2D eigenvalue weighted by molar-refractivity contribution is -0.153. The van der Waals surface area contributed by atoms with Gasteiger partial charge in [0, 0.05) is 13.1 Å². The first-order chi connectivity index (χ1) is 10.6. The topological polar surface area (TPSA) is 60.8 Å². The van der Waals surface area contributed by atoms with Gasteiger partial charge in [0.25, 0.3) is 5.91 Å². The Morgan fingerprint density at radius 2 is 2.05 bits per heavy atom. The second kappa shape index (κ2) is 6.29. The van der Waals surface area contributed by atoms with Crippen molar-refractivity contribution in [2.24, 2.45) is 5.92 Å². The molecule has 1 saturated carbocycles. The van der Waals surface area contributed by atoms with Gasteiger partial charge in [-0.1, -0.05) is 31.4 Å². The zero-order valence-corrected chi connectivity index (χ0v) is 13.0. The molecule has 0 bridgehead atoms. The Balaban J connectivity index is 1.58. The molecule has 2 aliphatic rings. The molecule has 1 aliphatic heterocycles. The minimum Gasteiger partial charge on any atom is -0.508 e. The number of amides is 1. The highest BCUT2D eigenvalue weighted by Gasteiger charge is 2.41. The molecule has 0 spiro atoms. The summed E-state index contributed by atoms with van der Waals surface area (Å²) in [6.45, 7) is 1.46. The summed E-state index contributed by atoms with van der Waals surface area (Å²) < 4.78 is 0. The number of phenolic OH excluding ortho intramolecular Hbond substituents is 1. The number of carbonyl (C=O) groups excluding carboxylic acids is 1. The summed E-state index contributed by atoms with van der Waals surface area (Å²) in [5, 5.41) is 20.1. The molecule has 1 atom stereocenters. The Morgan fingerprint density at radius 3 is 2.77 bits per heavy atom. The maximum absolute atomic E-state index is 12.6. The first kappa shape index (κ1) is 15.3. The molecule has 1 saturated heterocycles. The van der Waals surface area contributed by atoms with Crippen molar-refractivity contribution >= 4 is 5.91 Å². The molecule has 1 unspecified atom stereocenters. The Hall–Kier alpha value is -1.55. The molecule has 1 aliphatic carbocycles. The number of aromatic hydroxyl groups is 1. The number of phenols is 1. The van der Waals surface area contributed by atoms with Crippen LogP contribution in [0.2, 0.25) is 0 Å². The van der Waals surface area contributed by atoms with Gasteiger partial charge in [-0.05, 0) is 49.3 Å². The maximum atomic E-state index is 12.6. The third kappa shape index (κ3) is 3.27. The van der Waals surface area contributed by atoms with Crippen LogP contribution in [0.25, 0.3) is 0 Å². The normalized spacial score (nSPS) is 24.4. The van der Waals surface area contributed by atoms with E-state index in [0.29, 0.717) is 24.5 Å². The summed E-state index contributed by atoms with van der Waals surface area (Å²) in [7, 11) is 0. The molecule has 2 N–H and O–H groups in total. The van der Waals surface area contributed by atoms with Crippen LogP contribution in [0.15, 0.2) is 24.3 Å². The van der Waals surface area contributed by atoms with Gasteiger partial charge in [-0.2, -0.15) is 0 Å². The highest BCUT2D eigenvalue weighted by atomic mass is 16.3. The lowest BCUT2D eigenvalue weighted by atomic mass is 9.84. The monoisotopic (exact) mass is 303 g/mol. The van der Waals surface area contributed by atoms with Gasteiger partial charge in [0.1, 0.15) is 11.4 Å². The van der Waals surface area contributed by atoms with Gasteiger partial charge in [0.15, 0.2) is 0 Å². The number of hydrogen-bond donors (Lipinski definition) is 2. The number of hydrogen-bond acceptors (Lipinski definition) is 3. The van der Waals surface area contributed by atoms with Crippen LogP contribution in [-0.2, 0) is 11.2 Å². The van der Waals surface area contributed by atoms with Crippen LogP contribution in [0.5, 0.6) is 5.75 Å². The number of rotatable bonds is 3. The predicted octanol–water partition coefficient (Wildman–Crippen LogP) is 2.48. The van der Waals surface area contributed by atoms with Gasteiger partial charge in [-0.25, -0.2) is 0 Å². The van der Waals surface area contributed by atoms with Crippen molar-refractivity contribution in [3.63, 3.8) is 0 Å². The van der Waals surface area contributed by atoms with Crippen LogP contribution in [0.4, 0.5) is 0 Å². The van der Waals surface area contributed by atoms with E-state index in [1.165, 1.54) is 0 Å². The smallest absolute Gasteiger partial charge is 0.254 e. The third-order valence-electron chi connectivity index (χ3n) is 5.09. The maximum Gasteiger partial charge on any atom is 0.254 e. The van der Waals surface area contributed by atoms with E-state index in [2.05, 4.69) is 0 Å². The molecule has 1 aromatic carbocycles. The van der Waals surface area contributed by atoms with Crippen LogP contribution in [0.1, 0.15) is 44.1 Å². The van der Waals surface area contributed by atoms with E-state index in [0.717, 1.165) is 50.8 Å². The van der Waals surface area contributed by atoms with Crippen molar-refractivity contribution in [3.05, 3.63) is 29.8 Å². The van der Waals surface area contributed by atoms with Crippen molar-refractivity contribution < 1.29 is 15.0 Å². The first-order valence-corrected chi connectivity index (χ1v) is 8.36. The van der Waals surface area contributed by atoms with Crippen molar-refractivity contribution in [2.75, 3.05) is 13.1 Å². The van der Waals surface area contributed by atoms with Crippen LogP contribution in [-0.4, -0.2) is 39.7 Å². The molecule has 0 radical (unpaired) electrons. The molecule has 1 heterocycles. The molecular weight excluding hydrogens is 278 g/mol. The molecule has 120 valence electrons. The van der Waals surface area contributed by atoms with Gasteiger partial charge < -0.3 is 15.1 Å². The summed E-state index contributed by atoms with van der Waals surface area (Å²) in [4.78, 5) is 14.5. The van der Waals surface area contributed by atoms with Crippen molar-refractivity contribution in [2.45, 2.75) is 50.5 Å². The highest BCUT2D eigenvalue weighted by Crippen LogP contribution is 2.32. The second-order valence-electron chi connectivity index (χ2n) is 6.87. The van der Waals surface area contributed by atoms with Gasteiger partial charge in [0.05, 0.1) is 0 Å². The summed E-state index contributed by atoms with van der Waals surface area (Å²) in [5.74, 6) is 0.642. The SMILES string of the molecule is O=C(N1CCC(Cc2cccc(O)c2)C1)C1(O)CCCCC1. The fourth-order valence-electron chi connectivity index (χ4n) is 3.85. The average Bonchev–Trinajstić information content (AvgIpc) is 2.95. The minimum atomic E-state index is -1.11. The van der Waals surface area contributed by atoms with E-state index in [1.807, 2.05) is 17.0 Å². The number of nitrogens with zero attached hydrogens (tertiary/aromatic N) is 1. The first-order valence-electron chi connectivity index (χ1n) is 8.36. The largest absolute Gasteiger partial charge is 0.508 e. The van der Waals surface area contributed by atoms with Gasteiger partial charge >= 0.3 is 0 Å². The molecule has 1 aromatic rings. The van der Waals surface area contributed by atoms with Crippen LogP contribution >= 0.6 is 0 Å². The number of carbonyl (C=O) groups is 1. The Morgan fingerprint density at radius 1 is 1.27 bits per heavy atom. The van der Waals surface area contributed by atoms with E-state index in [1.54, 1.807) is 12.1 Å². The zero-order chi connectivity index (χ0) is 15.6. The quantitative estimate of drug-likeness (QED) is 0.902. The van der Waals surface area contributed by atoms with Crippen LogP contribution in [0.3, 0.4) is 0 Å². The van der Waals surface area contributed by atoms with Crippen molar-refractivity contribution in [3.8, 4) is 5.75 Å². The van der Waals surface area contributed by atoms with E-state index < -0.39 is 5.60 Å². The Bertz CT molecular complexity index is 537. The molecule has 4 heteroatoms. The molecule has 1 amide bonds. The predicted molar refractivity (Wildman–Crippen MR) is 84.5 cm³/mol. The van der Waals surface area contributed by atoms with Gasteiger partial charge in [0.2, 0.25) is 0 Å². The van der Waals surface area contributed by atoms with Crippen LogP contribution < -0.4 is 0 Å². The van der Waals surface area contributed by atoms with Gasteiger partial charge in [-0.15, -0.1) is 0 Å². The van der Waals surface area contributed by atoms with Crippen LogP contribution in [0, 0.1) is 5.92 Å².